The van der Waals surface area contributed by atoms with E-state index < -0.39 is 17.6 Å². The number of benzene rings is 1. The second kappa shape index (κ2) is 6.44. The lowest BCUT2D eigenvalue weighted by molar-refractivity contribution is -0.137. The number of carbonyl (C=O) groups is 1. The monoisotopic (exact) mass is 325 g/mol. The predicted molar refractivity (Wildman–Crippen MR) is 80.2 cm³/mol. The molecule has 0 unspecified atom stereocenters. The Balaban J connectivity index is 1.95. The molecule has 0 aliphatic rings. The van der Waals surface area contributed by atoms with Crippen LogP contribution < -0.4 is 5.32 Å². The summed E-state index contributed by atoms with van der Waals surface area (Å²) in [4.78, 5) is 12.0. The van der Waals surface area contributed by atoms with Gasteiger partial charge in [0.2, 0.25) is 0 Å². The van der Waals surface area contributed by atoms with Crippen LogP contribution in [0.1, 0.15) is 32.9 Å². The van der Waals surface area contributed by atoms with Crippen molar-refractivity contribution in [1.82, 2.24) is 15.1 Å². The Hall–Kier alpha value is -2.31. The van der Waals surface area contributed by atoms with Gasteiger partial charge in [-0.15, -0.1) is 0 Å². The van der Waals surface area contributed by atoms with Crippen LogP contribution >= 0.6 is 0 Å². The molecule has 0 fully saturated rings. The van der Waals surface area contributed by atoms with Crippen LogP contribution in [0.2, 0.25) is 0 Å². The topological polar surface area (TPSA) is 46.9 Å². The first-order valence-electron chi connectivity index (χ1n) is 7.14. The number of hydrogen-bond acceptors (Lipinski definition) is 2. The summed E-state index contributed by atoms with van der Waals surface area (Å²) in [6.07, 6.45) is -3.78. The van der Waals surface area contributed by atoms with E-state index in [1.54, 1.807) is 4.68 Å². The van der Waals surface area contributed by atoms with Crippen molar-refractivity contribution in [2.75, 3.05) is 6.54 Å². The zero-order valence-electron chi connectivity index (χ0n) is 13.2. The van der Waals surface area contributed by atoms with Crippen molar-refractivity contribution in [3.8, 4) is 0 Å². The van der Waals surface area contributed by atoms with Crippen LogP contribution in [0.25, 0.3) is 0 Å². The second-order valence-corrected chi connectivity index (χ2v) is 5.35. The SMILES string of the molecule is Cc1nn(C)c(C)c1CCNC(=O)c1ccc(C(F)(F)F)cc1. The van der Waals surface area contributed by atoms with E-state index in [2.05, 4.69) is 10.4 Å². The number of alkyl halides is 3. The lowest BCUT2D eigenvalue weighted by Crippen LogP contribution is -2.26. The summed E-state index contributed by atoms with van der Waals surface area (Å²) >= 11 is 0. The fourth-order valence-corrected chi connectivity index (χ4v) is 2.39. The summed E-state index contributed by atoms with van der Waals surface area (Å²) in [6, 6.07) is 4.17. The molecule has 0 bridgehead atoms. The van der Waals surface area contributed by atoms with Crippen LogP contribution in [0, 0.1) is 13.8 Å². The molecule has 0 aliphatic heterocycles. The normalized spacial score (nSPS) is 11.6. The summed E-state index contributed by atoms with van der Waals surface area (Å²) in [6.45, 7) is 4.25. The number of aryl methyl sites for hydroxylation is 2. The first-order chi connectivity index (χ1) is 10.7. The predicted octanol–water partition coefficient (Wildman–Crippen LogP) is 3.03. The molecule has 1 aromatic heterocycles. The maximum atomic E-state index is 12.5. The zero-order valence-corrected chi connectivity index (χ0v) is 13.2. The maximum absolute atomic E-state index is 12.5. The smallest absolute Gasteiger partial charge is 0.352 e. The average molecular weight is 325 g/mol. The van der Waals surface area contributed by atoms with Crippen molar-refractivity contribution < 1.29 is 18.0 Å². The van der Waals surface area contributed by atoms with Gasteiger partial charge in [-0.3, -0.25) is 9.48 Å². The lowest BCUT2D eigenvalue weighted by Gasteiger charge is -2.08. The molecular formula is C16H18F3N3O. The van der Waals surface area contributed by atoms with Gasteiger partial charge < -0.3 is 5.32 Å². The lowest BCUT2D eigenvalue weighted by atomic mass is 10.1. The van der Waals surface area contributed by atoms with Gasteiger partial charge in [0.1, 0.15) is 0 Å². The molecule has 1 amide bonds. The third-order valence-electron chi connectivity index (χ3n) is 3.79. The van der Waals surface area contributed by atoms with Gasteiger partial charge in [-0.05, 0) is 50.1 Å². The van der Waals surface area contributed by atoms with Crippen LogP contribution in [0.5, 0.6) is 0 Å². The number of halogens is 3. The van der Waals surface area contributed by atoms with Crippen LogP contribution in [0.4, 0.5) is 13.2 Å². The van der Waals surface area contributed by atoms with Crippen molar-refractivity contribution in [3.63, 3.8) is 0 Å². The van der Waals surface area contributed by atoms with Gasteiger partial charge in [0, 0.05) is 24.8 Å². The average Bonchev–Trinajstić information content (AvgIpc) is 2.72. The number of rotatable bonds is 4. The van der Waals surface area contributed by atoms with Crippen LogP contribution in [0.3, 0.4) is 0 Å². The molecule has 2 aromatic rings. The van der Waals surface area contributed by atoms with Gasteiger partial charge in [0.15, 0.2) is 0 Å². The van der Waals surface area contributed by atoms with E-state index in [0.29, 0.717) is 13.0 Å². The zero-order chi connectivity index (χ0) is 17.2. The molecule has 0 radical (unpaired) electrons. The van der Waals surface area contributed by atoms with E-state index >= 15 is 0 Å². The number of hydrogen-bond donors (Lipinski definition) is 1. The van der Waals surface area contributed by atoms with Crippen molar-refractivity contribution in [2.45, 2.75) is 26.4 Å². The summed E-state index contributed by atoms with van der Waals surface area (Å²) in [5, 5.41) is 7.01. The fourth-order valence-electron chi connectivity index (χ4n) is 2.39. The number of nitrogens with zero attached hydrogens (tertiary/aromatic N) is 2. The molecule has 0 saturated carbocycles. The van der Waals surface area contributed by atoms with Crippen molar-refractivity contribution in [2.24, 2.45) is 7.05 Å². The summed E-state index contributed by atoms with van der Waals surface area (Å²) in [5.41, 5.74) is 2.45. The molecule has 7 heteroatoms. The fraction of sp³-hybridized carbons (Fsp3) is 0.375. The van der Waals surface area contributed by atoms with Crippen molar-refractivity contribution in [3.05, 3.63) is 52.3 Å². The first-order valence-corrected chi connectivity index (χ1v) is 7.14. The third-order valence-corrected chi connectivity index (χ3v) is 3.79. The Morgan fingerprint density at radius 1 is 1.22 bits per heavy atom. The van der Waals surface area contributed by atoms with Crippen LogP contribution in [-0.4, -0.2) is 22.2 Å². The minimum Gasteiger partial charge on any atom is -0.352 e. The summed E-state index contributed by atoms with van der Waals surface area (Å²) in [5.74, 6) is -0.391. The van der Waals surface area contributed by atoms with Crippen molar-refractivity contribution >= 4 is 5.91 Å². The van der Waals surface area contributed by atoms with Gasteiger partial charge >= 0.3 is 6.18 Å². The number of amides is 1. The molecule has 1 N–H and O–H groups in total. The molecule has 0 aliphatic carbocycles. The molecular weight excluding hydrogens is 307 g/mol. The highest BCUT2D eigenvalue weighted by Crippen LogP contribution is 2.29. The molecule has 124 valence electrons. The highest BCUT2D eigenvalue weighted by atomic mass is 19.4. The Labute approximate surface area is 132 Å². The van der Waals surface area contributed by atoms with E-state index in [1.165, 1.54) is 12.1 Å². The Kier molecular flexibility index (Phi) is 4.77. The van der Waals surface area contributed by atoms with Gasteiger partial charge in [0.05, 0.1) is 11.3 Å². The van der Waals surface area contributed by atoms with E-state index in [4.69, 9.17) is 0 Å². The number of nitrogens with one attached hydrogen (secondary N) is 1. The van der Waals surface area contributed by atoms with Gasteiger partial charge in [-0.1, -0.05) is 0 Å². The first kappa shape index (κ1) is 17.1. The molecule has 1 heterocycles. The molecule has 1 aromatic carbocycles. The Morgan fingerprint density at radius 2 is 1.83 bits per heavy atom. The van der Waals surface area contributed by atoms with Crippen LogP contribution in [0.15, 0.2) is 24.3 Å². The van der Waals surface area contributed by atoms with E-state index in [0.717, 1.165) is 29.1 Å². The summed E-state index contributed by atoms with van der Waals surface area (Å²) < 4.78 is 39.2. The van der Waals surface area contributed by atoms with Gasteiger partial charge in [0.25, 0.3) is 5.91 Å². The third kappa shape index (κ3) is 3.91. The Morgan fingerprint density at radius 3 is 2.30 bits per heavy atom. The van der Waals surface area contributed by atoms with E-state index in [9.17, 15) is 18.0 Å². The highest BCUT2D eigenvalue weighted by Gasteiger charge is 2.30. The highest BCUT2D eigenvalue weighted by molar-refractivity contribution is 5.94. The van der Waals surface area contributed by atoms with E-state index in [1.807, 2.05) is 20.9 Å². The Bertz CT molecular complexity index is 703. The standard InChI is InChI=1S/C16H18F3N3O/c1-10-14(11(2)22(3)21-10)8-9-20-15(23)12-4-6-13(7-5-12)16(17,18)19/h4-7H,8-9H2,1-3H3,(H,20,23). The minimum absolute atomic E-state index is 0.206. The largest absolute Gasteiger partial charge is 0.416 e. The molecule has 2 rings (SSSR count). The van der Waals surface area contributed by atoms with Crippen LogP contribution in [-0.2, 0) is 19.6 Å². The minimum atomic E-state index is -4.40. The molecule has 0 atom stereocenters. The maximum Gasteiger partial charge on any atom is 0.416 e. The molecule has 0 spiro atoms. The second-order valence-electron chi connectivity index (χ2n) is 5.35. The quantitative estimate of drug-likeness (QED) is 0.939. The molecule has 4 nitrogen and oxygen atoms in total. The number of aromatic nitrogens is 2. The number of carbonyl (C=O) groups excluding carboxylic acids is 1. The van der Waals surface area contributed by atoms with E-state index in [-0.39, 0.29) is 5.56 Å². The molecule has 0 saturated heterocycles. The van der Waals surface area contributed by atoms with Gasteiger partial charge in [-0.2, -0.15) is 18.3 Å². The van der Waals surface area contributed by atoms with Crippen molar-refractivity contribution in [1.29, 1.82) is 0 Å². The molecule has 23 heavy (non-hydrogen) atoms. The van der Waals surface area contributed by atoms with Gasteiger partial charge in [-0.25, -0.2) is 0 Å². The summed E-state index contributed by atoms with van der Waals surface area (Å²) in [7, 11) is 1.85.